The lowest BCUT2D eigenvalue weighted by molar-refractivity contribution is -0.127. The zero-order valence-corrected chi connectivity index (χ0v) is 17.5. The maximum atomic E-state index is 12.7. The molecule has 3 amide bonds. The molecule has 28 heavy (non-hydrogen) atoms. The highest BCUT2D eigenvalue weighted by atomic mass is 35.5. The smallest absolute Gasteiger partial charge is 0.279 e. The minimum absolute atomic E-state index is 0.200. The lowest BCUT2D eigenvalue weighted by atomic mass is 9.96. The first-order valence-corrected chi connectivity index (χ1v) is 10.3. The van der Waals surface area contributed by atoms with E-state index in [2.05, 4.69) is 10.9 Å². The van der Waals surface area contributed by atoms with Crippen LogP contribution < -0.4 is 10.9 Å². The predicted molar refractivity (Wildman–Crippen MR) is 110 cm³/mol. The second-order valence-corrected chi connectivity index (χ2v) is 8.68. The van der Waals surface area contributed by atoms with Crippen LogP contribution in [0, 0.1) is 12.8 Å². The Morgan fingerprint density at radius 1 is 1.11 bits per heavy atom. The SMILES string of the molecule is Cc1ccc(C(=O)NNC(=O)C2CCCN(C(=O)c3ccc(Cl)c(Cl)c3)C2)s1. The van der Waals surface area contributed by atoms with Crippen molar-refractivity contribution in [3.63, 3.8) is 0 Å². The van der Waals surface area contributed by atoms with E-state index in [-0.39, 0.29) is 24.3 Å². The third-order valence-electron chi connectivity index (χ3n) is 4.51. The number of hydrazine groups is 1. The van der Waals surface area contributed by atoms with Crippen LogP contribution in [0.1, 0.15) is 37.7 Å². The van der Waals surface area contributed by atoms with Crippen LogP contribution >= 0.6 is 34.5 Å². The average molecular weight is 440 g/mol. The molecule has 2 N–H and O–H groups in total. The number of amides is 3. The lowest BCUT2D eigenvalue weighted by Crippen LogP contribution is -2.50. The number of rotatable bonds is 3. The quantitative estimate of drug-likeness (QED) is 0.715. The highest BCUT2D eigenvalue weighted by Gasteiger charge is 2.29. The molecule has 1 aromatic carbocycles. The maximum Gasteiger partial charge on any atom is 0.279 e. The Balaban J connectivity index is 1.57. The van der Waals surface area contributed by atoms with Gasteiger partial charge in [-0.3, -0.25) is 25.2 Å². The Bertz CT molecular complexity index is 916. The first kappa shape index (κ1) is 20.6. The standard InChI is InChI=1S/C19H19Cl2N3O3S/c1-11-4-7-16(28-11)18(26)23-22-17(25)13-3-2-8-24(10-13)19(27)12-5-6-14(20)15(21)9-12/h4-7,9,13H,2-3,8,10H2,1H3,(H,22,25)(H,23,26). The minimum Gasteiger partial charge on any atom is -0.338 e. The number of nitrogens with one attached hydrogen (secondary N) is 2. The summed E-state index contributed by atoms with van der Waals surface area (Å²) in [5, 5.41) is 0.691. The van der Waals surface area contributed by atoms with Gasteiger partial charge in [-0.25, -0.2) is 0 Å². The summed E-state index contributed by atoms with van der Waals surface area (Å²) in [4.78, 5) is 40.4. The number of halogens is 2. The Morgan fingerprint density at radius 2 is 1.89 bits per heavy atom. The normalized spacial score (nSPS) is 16.5. The van der Waals surface area contributed by atoms with Crippen molar-refractivity contribution in [2.75, 3.05) is 13.1 Å². The van der Waals surface area contributed by atoms with Crippen molar-refractivity contribution >= 4 is 52.3 Å². The van der Waals surface area contributed by atoms with Gasteiger partial charge in [-0.2, -0.15) is 0 Å². The summed E-state index contributed by atoms with van der Waals surface area (Å²) in [5.74, 6) is -1.26. The molecule has 9 heteroatoms. The van der Waals surface area contributed by atoms with Crippen molar-refractivity contribution in [1.82, 2.24) is 15.8 Å². The van der Waals surface area contributed by atoms with Gasteiger partial charge in [-0.05, 0) is 50.1 Å². The second-order valence-electron chi connectivity index (χ2n) is 6.57. The number of aryl methyl sites for hydroxylation is 1. The molecule has 2 heterocycles. The van der Waals surface area contributed by atoms with Gasteiger partial charge in [-0.1, -0.05) is 23.2 Å². The zero-order valence-electron chi connectivity index (χ0n) is 15.1. The van der Waals surface area contributed by atoms with Crippen LogP contribution in [0.4, 0.5) is 0 Å². The Labute approximate surface area is 176 Å². The van der Waals surface area contributed by atoms with Crippen molar-refractivity contribution in [3.8, 4) is 0 Å². The van der Waals surface area contributed by atoms with E-state index in [0.29, 0.717) is 39.9 Å². The summed E-state index contributed by atoms with van der Waals surface area (Å²) in [6, 6.07) is 8.27. The van der Waals surface area contributed by atoms with E-state index in [1.165, 1.54) is 17.4 Å². The minimum atomic E-state index is -0.397. The first-order chi connectivity index (χ1) is 13.3. The number of carbonyl (C=O) groups excluding carboxylic acids is 3. The molecule has 0 bridgehead atoms. The number of hydrogen-bond acceptors (Lipinski definition) is 4. The molecule has 3 rings (SSSR count). The summed E-state index contributed by atoms with van der Waals surface area (Å²) in [5.41, 5.74) is 5.33. The van der Waals surface area contributed by atoms with E-state index in [1.807, 2.05) is 13.0 Å². The van der Waals surface area contributed by atoms with Gasteiger partial charge in [0.05, 0.1) is 20.8 Å². The highest BCUT2D eigenvalue weighted by Crippen LogP contribution is 2.25. The molecule has 1 aliphatic heterocycles. The summed E-state index contributed by atoms with van der Waals surface area (Å²) >= 11 is 13.2. The van der Waals surface area contributed by atoms with Crippen LogP contribution in [0.25, 0.3) is 0 Å². The van der Waals surface area contributed by atoms with E-state index in [4.69, 9.17) is 23.2 Å². The molecule has 0 spiro atoms. The van der Waals surface area contributed by atoms with Gasteiger partial charge in [0.15, 0.2) is 0 Å². The molecule has 1 aromatic heterocycles. The number of likely N-dealkylation sites (tertiary alicyclic amines) is 1. The molecule has 1 saturated heterocycles. The van der Waals surface area contributed by atoms with Crippen molar-refractivity contribution < 1.29 is 14.4 Å². The second kappa shape index (κ2) is 8.94. The summed E-state index contributed by atoms with van der Waals surface area (Å²) in [6.45, 7) is 2.74. The Hall–Kier alpha value is -2.09. The largest absolute Gasteiger partial charge is 0.338 e. The van der Waals surface area contributed by atoms with Crippen LogP contribution in [0.15, 0.2) is 30.3 Å². The fraction of sp³-hybridized carbons (Fsp3) is 0.316. The van der Waals surface area contributed by atoms with Gasteiger partial charge < -0.3 is 4.90 Å². The van der Waals surface area contributed by atoms with Crippen molar-refractivity contribution in [2.24, 2.45) is 5.92 Å². The van der Waals surface area contributed by atoms with Crippen LogP contribution in [0.5, 0.6) is 0 Å². The summed E-state index contributed by atoms with van der Waals surface area (Å²) in [7, 11) is 0. The molecule has 0 aliphatic carbocycles. The van der Waals surface area contributed by atoms with Crippen LogP contribution in [-0.2, 0) is 4.79 Å². The molecule has 1 fully saturated rings. The molecular weight excluding hydrogens is 421 g/mol. The summed E-state index contributed by atoms with van der Waals surface area (Å²) in [6.07, 6.45) is 1.34. The van der Waals surface area contributed by atoms with E-state index in [1.54, 1.807) is 23.1 Å². The van der Waals surface area contributed by atoms with Gasteiger partial charge in [0.2, 0.25) is 5.91 Å². The third-order valence-corrected chi connectivity index (χ3v) is 6.25. The van der Waals surface area contributed by atoms with E-state index in [9.17, 15) is 14.4 Å². The van der Waals surface area contributed by atoms with Gasteiger partial charge in [-0.15, -0.1) is 11.3 Å². The van der Waals surface area contributed by atoms with Crippen molar-refractivity contribution in [3.05, 3.63) is 55.7 Å². The molecule has 1 atom stereocenters. The number of piperidine rings is 1. The number of hydrogen-bond donors (Lipinski definition) is 2. The molecule has 148 valence electrons. The Morgan fingerprint density at radius 3 is 2.57 bits per heavy atom. The molecule has 0 saturated carbocycles. The van der Waals surface area contributed by atoms with Gasteiger partial charge in [0.25, 0.3) is 11.8 Å². The highest BCUT2D eigenvalue weighted by molar-refractivity contribution is 7.13. The number of carbonyl (C=O) groups is 3. The summed E-state index contributed by atoms with van der Waals surface area (Å²) < 4.78 is 0. The molecule has 1 aliphatic rings. The number of thiophene rings is 1. The van der Waals surface area contributed by atoms with Gasteiger partial charge >= 0.3 is 0 Å². The first-order valence-electron chi connectivity index (χ1n) is 8.76. The molecule has 1 unspecified atom stereocenters. The number of benzene rings is 1. The molecular formula is C19H19Cl2N3O3S. The zero-order chi connectivity index (χ0) is 20.3. The van der Waals surface area contributed by atoms with E-state index < -0.39 is 5.92 Å². The van der Waals surface area contributed by atoms with Crippen LogP contribution in [0.3, 0.4) is 0 Å². The van der Waals surface area contributed by atoms with E-state index in [0.717, 1.165) is 4.88 Å². The van der Waals surface area contributed by atoms with Crippen LogP contribution in [-0.4, -0.2) is 35.7 Å². The third kappa shape index (κ3) is 4.84. The van der Waals surface area contributed by atoms with E-state index >= 15 is 0 Å². The average Bonchev–Trinajstić information content (AvgIpc) is 3.14. The van der Waals surface area contributed by atoms with Crippen molar-refractivity contribution in [1.29, 1.82) is 0 Å². The fourth-order valence-corrected chi connectivity index (χ4v) is 4.09. The predicted octanol–water partition coefficient (Wildman–Crippen LogP) is 3.68. The topological polar surface area (TPSA) is 78.5 Å². The Kier molecular flexibility index (Phi) is 6.59. The fourth-order valence-electron chi connectivity index (χ4n) is 3.03. The van der Waals surface area contributed by atoms with Gasteiger partial charge in [0.1, 0.15) is 0 Å². The number of nitrogens with zero attached hydrogens (tertiary/aromatic N) is 1. The maximum absolute atomic E-state index is 12.7. The van der Waals surface area contributed by atoms with Crippen molar-refractivity contribution in [2.45, 2.75) is 19.8 Å². The molecule has 2 aromatic rings. The monoisotopic (exact) mass is 439 g/mol. The van der Waals surface area contributed by atoms with Gasteiger partial charge in [0, 0.05) is 23.5 Å². The molecule has 0 radical (unpaired) electrons. The lowest BCUT2D eigenvalue weighted by Gasteiger charge is -2.32. The molecule has 6 nitrogen and oxygen atoms in total. The van der Waals surface area contributed by atoms with Crippen LogP contribution in [0.2, 0.25) is 10.0 Å².